The minimum atomic E-state index is -0.614. The second-order valence-corrected chi connectivity index (χ2v) is 4.25. The molecule has 4 nitrogen and oxygen atoms in total. The summed E-state index contributed by atoms with van der Waals surface area (Å²) >= 11 is 5.65. The molecule has 0 amide bonds. The van der Waals surface area contributed by atoms with Crippen LogP contribution in [0.25, 0.3) is 0 Å². The van der Waals surface area contributed by atoms with Gasteiger partial charge in [-0.1, -0.05) is 23.7 Å². The lowest BCUT2D eigenvalue weighted by Crippen LogP contribution is -2.38. The molecule has 0 aliphatic heterocycles. The van der Waals surface area contributed by atoms with Crippen LogP contribution < -0.4 is 11.2 Å². The van der Waals surface area contributed by atoms with E-state index in [0.29, 0.717) is 0 Å². The summed E-state index contributed by atoms with van der Waals surface area (Å²) in [6.07, 6.45) is 1.37. The molecule has 18 heavy (non-hydrogen) atoms. The van der Waals surface area contributed by atoms with E-state index in [2.05, 4.69) is 0 Å². The van der Waals surface area contributed by atoms with Crippen LogP contribution in [0, 0.1) is 5.82 Å². The van der Waals surface area contributed by atoms with Crippen molar-refractivity contribution in [3.63, 3.8) is 0 Å². The quantitative estimate of drug-likeness (QED) is 0.826. The van der Waals surface area contributed by atoms with Gasteiger partial charge in [0.05, 0.1) is 11.6 Å². The molecule has 2 rings (SSSR count). The number of halogens is 2. The van der Waals surface area contributed by atoms with E-state index in [1.165, 1.54) is 36.0 Å². The molecule has 0 unspecified atom stereocenters. The van der Waals surface area contributed by atoms with Crippen molar-refractivity contribution >= 4 is 11.6 Å². The molecular weight excluding hydrogens is 259 g/mol. The van der Waals surface area contributed by atoms with Crippen molar-refractivity contribution in [3.05, 3.63) is 67.7 Å². The SMILES string of the molecule is Cn1ccc(=O)n(Cc2cccc(Cl)c2F)c1=O. The topological polar surface area (TPSA) is 44.0 Å². The first kappa shape index (κ1) is 12.6. The molecular formula is C12H10ClFN2O2. The van der Waals surface area contributed by atoms with E-state index < -0.39 is 17.1 Å². The number of benzene rings is 1. The van der Waals surface area contributed by atoms with Crippen LogP contribution in [-0.4, -0.2) is 9.13 Å². The number of hydrogen-bond donors (Lipinski definition) is 0. The predicted octanol–water partition coefficient (Wildman–Crippen LogP) is 1.39. The molecule has 0 saturated heterocycles. The molecule has 0 saturated carbocycles. The number of aromatic nitrogens is 2. The first-order chi connectivity index (χ1) is 8.50. The van der Waals surface area contributed by atoms with Crippen molar-refractivity contribution in [2.24, 2.45) is 7.05 Å². The van der Waals surface area contributed by atoms with Crippen LogP contribution in [0.1, 0.15) is 5.56 Å². The lowest BCUT2D eigenvalue weighted by atomic mass is 10.2. The van der Waals surface area contributed by atoms with Gasteiger partial charge >= 0.3 is 5.69 Å². The summed E-state index contributed by atoms with van der Waals surface area (Å²) in [4.78, 5) is 23.3. The lowest BCUT2D eigenvalue weighted by molar-refractivity contribution is 0.578. The van der Waals surface area contributed by atoms with Gasteiger partial charge in [-0.25, -0.2) is 9.18 Å². The zero-order valence-corrected chi connectivity index (χ0v) is 10.3. The second kappa shape index (κ2) is 4.78. The maximum Gasteiger partial charge on any atom is 0.331 e. The maximum absolute atomic E-state index is 13.7. The van der Waals surface area contributed by atoms with Crippen molar-refractivity contribution in [2.45, 2.75) is 6.54 Å². The largest absolute Gasteiger partial charge is 0.331 e. The molecule has 0 aliphatic carbocycles. The van der Waals surface area contributed by atoms with Gasteiger partial charge in [0.2, 0.25) is 0 Å². The Morgan fingerprint density at radius 3 is 2.72 bits per heavy atom. The highest BCUT2D eigenvalue weighted by Crippen LogP contribution is 2.17. The molecule has 94 valence electrons. The number of hydrogen-bond acceptors (Lipinski definition) is 2. The Bertz CT molecular complexity index is 706. The fourth-order valence-corrected chi connectivity index (χ4v) is 1.79. The van der Waals surface area contributed by atoms with Gasteiger partial charge < -0.3 is 4.57 Å². The van der Waals surface area contributed by atoms with Crippen molar-refractivity contribution in [1.29, 1.82) is 0 Å². The van der Waals surface area contributed by atoms with Gasteiger partial charge in [0, 0.05) is 24.9 Å². The maximum atomic E-state index is 13.7. The lowest BCUT2D eigenvalue weighted by Gasteiger charge is -2.08. The molecule has 1 aromatic heterocycles. The highest BCUT2D eigenvalue weighted by Gasteiger charge is 2.09. The summed E-state index contributed by atoms with van der Waals surface area (Å²) in [6.45, 7) is -0.140. The molecule has 0 bridgehead atoms. The van der Waals surface area contributed by atoms with E-state index in [1.807, 2.05) is 0 Å². The van der Waals surface area contributed by atoms with Crippen molar-refractivity contribution in [2.75, 3.05) is 0 Å². The van der Waals surface area contributed by atoms with Crippen molar-refractivity contribution in [3.8, 4) is 0 Å². The third-order valence-corrected chi connectivity index (χ3v) is 2.89. The normalized spacial score (nSPS) is 10.6. The van der Waals surface area contributed by atoms with Crippen LogP contribution in [0.2, 0.25) is 5.02 Å². The molecule has 6 heteroatoms. The fraction of sp³-hybridized carbons (Fsp3) is 0.167. The first-order valence-electron chi connectivity index (χ1n) is 5.20. The average molecular weight is 269 g/mol. The zero-order valence-electron chi connectivity index (χ0n) is 9.56. The molecule has 1 aromatic carbocycles. The van der Waals surface area contributed by atoms with Gasteiger partial charge in [0.15, 0.2) is 0 Å². The summed E-state index contributed by atoms with van der Waals surface area (Å²) in [5.41, 5.74) is -0.771. The third-order valence-electron chi connectivity index (χ3n) is 2.60. The molecule has 0 atom stereocenters. The molecule has 0 aliphatic rings. The Morgan fingerprint density at radius 2 is 2.00 bits per heavy atom. The van der Waals surface area contributed by atoms with Gasteiger partial charge in [0.1, 0.15) is 5.82 Å². The van der Waals surface area contributed by atoms with Gasteiger partial charge in [-0.3, -0.25) is 9.36 Å². The molecule has 1 heterocycles. The van der Waals surface area contributed by atoms with Gasteiger partial charge in [-0.2, -0.15) is 0 Å². The van der Waals surface area contributed by atoms with E-state index in [4.69, 9.17) is 11.6 Å². The van der Waals surface area contributed by atoms with E-state index in [-0.39, 0.29) is 17.1 Å². The Labute approximate surface area is 107 Å². The number of aryl methyl sites for hydroxylation is 1. The summed E-state index contributed by atoms with van der Waals surface area (Å²) in [5, 5.41) is -0.0340. The summed E-state index contributed by atoms with van der Waals surface area (Å²) < 4.78 is 15.9. The molecule has 0 fully saturated rings. The van der Waals surface area contributed by atoms with E-state index in [9.17, 15) is 14.0 Å². The van der Waals surface area contributed by atoms with Crippen LogP contribution >= 0.6 is 11.6 Å². The zero-order chi connectivity index (χ0) is 13.3. The molecule has 2 aromatic rings. The van der Waals surface area contributed by atoms with Crippen LogP contribution in [0.3, 0.4) is 0 Å². The first-order valence-corrected chi connectivity index (χ1v) is 5.58. The Hall–Kier alpha value is -1.88. The minimum Gasteiger partial charge on any atom is -0.303 e. The van der Waals surface area contributed by atoms with E-state index >= 15 is 0 Å². The van der Waals surface area contributed by atoms with E-state index in [1.54, 1.807) is 6.07 Å². The van der Waals surface area contributed by atoms with Gasteiger partial charge in [-0.15, -0.1) is 0 Å². The third kappa shape index (κ3) is 2.22. The number of nitrogens with zero attached hydrogens (tertiary/aromatic N) is 2. The summed E-state index contributed by atoms with van der Waals surface area (Å²) in [6, 6.07) is 5.72. The van der Waals surface area contributed by atoms with Gasteiger partial charge in [0.25, 0.3) is 5.56 Å². The molecule has 0 N–H and O–H groups in total. The van der Waals surface area contributed by atoms with Crippen LogP contribution in [0.15, 0.2) is 40.1 Å². The van der Waals surface area contributed by atoms with Crippen molar-refractivity contribution in [1.82, 2.24) is 9.13 Å². The molecule has 0 radical (unpaired) electrons. The minimum absolute atomic E-state index is 0.0340. The monoisotopic (exact) mass is 268 g/mol. The highest BCUT2D eigenvalue weighted by molar-refractivity contribution is 6.30. The molecule has 0 spiro atoms. The van der Waals surface area contributed by atoms with Crippen LogP contribution in [0.5, 0.6) is 0 Å². The Morgan fingerprint density at radius 1 is 1.28 bits per heavy atom. The standard InChI is InChI=1S/C12H10ClFN2O2/c1-15-6-5-10(17)16(12(15)18)7-8-3-2-4-9(13)11(8)14/h2-6H,7H2,1H3. The smallest absolute Gasteiger partial charge is 0.303 e. The predicted molar refractivity (Wildman–Crippen MR) is 66.5 cm³/mol. The second-order valence-electron chi connectivity index (χ2n) is 3.85. The Balaban J connectivity index is 2.53. The van der Waals surface area contributed by atoms with E-state index in [0.717, 1.165) is 4.57 Å². The van der Waals surface area contributed by atoms with Crippen molar-refractivity contribution < 1.29 is 4.39 Å². The van der Waals surface area contributed by atoms with Gasteiger partial charge in [-0.05, 0) is 6.07 Å². The van der Waals surface area contributed by atoms with Crippen LogP contribution in [-0.2, 0) is 13.6 Å². The Kier molecular flexibility index (Phi) is 3.34. The van der Waals surface area contributed by atoms with Crippen LogP contribution in [0.4, 0.5) is 4.39 Å². The average Bonchev–Trinajstić information content (AvgIpc) is 2.35. The fourth-order valence-electron chi connectivity index (χ4n) is 1.60. The summed E-state index contributed by atoms with van der Waals surface area (Å²) in [7, 11) is 1.52. The highest BCUT2D eigenvalue weighted by atomic mass is 35.5. The summed E-state index contributed by atoms with van der Waals surface area (Å²) in [5.74, 6) is -0.614. The number of rotatable bonds is 2.